The Bertz CT molecular complexity index is 365. The molecule has 1 aliphatic rings. The number of hydrogen-bond donors (Lipinski definition) is 5. The van der Waals surface area contributed by atoms with Crippen molar-refractivity contribution < 1.29 is 24.9 Å². The Hall–Kier alpha value is -1.80. The lowest BCUT2D eigenvalue weighted by atomic mass is 9.99. The minimum atomic E-state index is -1.26. The summed E-state index contributed by atoms with van der Waals surface area (Å²) in [6.45, 7) is -0.222. The van der Waals surface area contributed by atoms with E-state index < -0.39 is 24.2 Å². The first-order chi connectivity index (χ1) is 8.43. The van der Waals surface area contributed by atoms with Gasteiger partial charge in [-0.25, -0.2) is 9.79 Å². The third kappa shape index (κ3) is 3.90. The van der Waals surface area contributed by atoms with Gasteiger partial charge in [-0.2, -0.15) is 0 Å². The quantitative estimate of drug-likeness (QED) is 0.286. The molecule has 8 nitrogen and oxygen atoms in total. The molecule has 18 heavy (non-hydrogen) atoms. The lowest BCUT2D eigenvalue weighted by molar-refractivity contribution is -0.140. The highest BCUT2D eigenvalue weighted by atomic mass is 16.5. The van der Waals surface area contributed by atoms with Crippen LogP contribution in [0.4, 0.5) is 0 Å². The van der Waals surface area contributed by atoms with Crippen molar-refractivity contribution in [2.45, 2.75) is 31.1 Å². The lowest BCUT2D eigenvalue weighted by Gasteiger charge is -2.29. The third-order valence-corrected chi connectivity index (χ3v) is 2.48. The number of aliphatic imine (C=N–C) groups is 1. The Balaban J connectivity index is 2.85. The Morgan fingerprint density at radius 3 is 2.78 bits per heavy atom. The highest BCUT2D eigenvalue weighted by Gasteiger charge is 2.31. The molecule has 0 saturated carbocycles. The van der Waals surface area contributed by atoms with Crippen LogP contribution < -0.4 is 11.5 Å². The van der Waals surface area contributed by atoms with Gasteiger partial charge in [-0.1, -0.05) is 0 Å². The second-order valence-electron chi connectivity index (χ2n) is 3.93. The Morgan fingerprint density at radius 1 is 1.61 bits per heavy atom. The average molecular weight is 259 g/mol. The molecule has 1 unspecified atom stereocenters. The Morgan fingerprint density at radius 2 is 2.28 bits per heavy atom. The number of ether oxygens (including phenoxy) is 1. The maximum absolute atomic E-state index is 10.9. The number of guanidine groups is 1. The molecule has 0 fully saturated rings. The molecular weight excluding hydrogens is 242 g/mol. The number of rotatable bonds is 5. The number of aliphatic carboxylic acids is 1. The SMILES string of the molecule is NC(N)=N[C@H]1C=C(C(=O)O)OC([C@H](O)CCO)C1. The molecule has 1 aliphatic heterocycles. The molecule has 0 bridgehead atoms. The normalized spacial score (nSPS) is 24.7. The van der Waals surface area contributed by atoms with Gasteiger partial charge in [0.2, 0.25) is 5.76 Å². The van der Waals surface area contributed by atoms with E-state index in [2.05, 4.69) is 4.99 Å². The summed E-state index contributed by atoms with van der Waals surface area (Å²) in [6, 6.07) is -0.562. The summed E-state index contributed by atoms with van der Waals surface area (Å²) < 4.78 is 5.12. The molecule has 1 heterocycles. The van der Waals surface area contributed by atoms with E-state index >= 15 is 0 Å². The van der Waals surface area contributed by atoms with Gasteiger partial charge in [0.15, 0.2) is 5.96 Å². The highest BCUT2D eigenvalue weighted by Crippen LogP contribution is 2.23. The fraction of sp³-hybridized carbons (Fsp3) is 0.600. The van der Waals surface area contributed by atoms with Crippen LogP contribution in [0.1, 0.15) is 12.8 Å². The molecular formula is C10H17N3O5. The summed E-state index contributed by atoms with van der Waals surface area (Å²) in [7, 11) is 0. The van der Waals surface area contributed by atoms with Gasteiger partial charge in [0.1, 0.15) is 6.10 Å². The van der Waals surface area contributed by atoms with Crippen molar-refractivity contribution in [3.8, 4) is 0 Å². The predicted octanol–water partition coefficient (Wildman–Crippen LogP) is -1.87. The number of carbonyl (C=O) groups is 1. The molecule has 0 aliphatic carbocycles. The van der Waals surface area contributed by atoms with E-state index in [0.29, 0.717) is 0 Å². The van der Waals surface area contributed by atoms with E-state index in [9.17, 15) is 9.90 Å². The zero-order valence-corrected chi connectivity index (χ0v) is 9.69. The van der Waals surface area contributed by atoms with Crippen molar-refractivity contribution >= 4 is 11.9 Å². The number of aliphatic hydroxyl groups excluding tert-OH is 2. The Kier molecular flexibility index (Phi) is 4.93. The number of carboxylic acids is 1. The number of nitrogens with zero attached hydrogens (tertiary/aromatic N) is 1. The molecule has 7 N–H and O–H groups in total. The molecule has 1 rings (SSSR count). The summed E-state index contributed by atoms with van der Waals surface area (Å²) in [6.07, 6.45) is -0.122. The molecule has 0 aromatic carbocycles. The van der Waals surface area contributed by atoms with Crippen LogP contribution in [0.15, 0.2) is 16.8 Å². The molecule has 102 valence electrons. The Labute approximate surface area is 104 Å². The van der Waals surface area contributed by atoms with Crippen LogP contribution >= 0.6 is 0 Å². The van der Waals surface area contributed by atoms with Crippen LogP contribution in [0.5, 0.6) is 0 Å². The van der Waals surface area contributed by atoms with Gasteiger partial charge in [0.25, 0.3) is 0 Å². The molecule has 3 atom stereocenters. The molecule has 8 heteroatoms. The van der Waals surface area contributed by atoms with Gasteiger partial charge in [-0.15, -0.1) is 0 Å². The number of hydrogen-bond acceptors (Lipinski definition) is 5. The van der Waals surface area contributed by atoms with E-state index in [1.54, 1.807) is 0 Å². The first kappa shape index (κ1) is 14.3. The number of aliphatic hydroxyl groups is 2. The van der Waals surface area contributed by atoms with Gasteiger partial charge in [-0.3, -0.25) is 0 Å². The molecule has 0 aromatic rings. The van der Waals surface area contributed by atoms with Crippen LogP contribution in [0, 0.1) is 0 Å². The fourth-order valence-corrected chi connectivity index (χ4v) is 1.69. The molecule has 0 spiro atoms. The van der Waals surface area contributed by atoms with Gasteiger partial charge in [0, 0.05) is 19.4 Å². The van der Waals surface area contributed by atoms with Crippen LogP contribution in [0.2, 0.25) is 0 Å². The largest absolute Gasteiger partial charge is 0.481 e. The van der Waals surface area contributed by atoms with Crippen molar-refractivity contribution in [2.24, 2.45) is 16.5 Å². The topological polar surface area (TPSA) is 151 Å². The van der Waals surface area contributed by atoms with Crippen LogP contribution in [-0.2, 0) is 9.53 Å². The molecule has 0 aromatic heterocycles. The minimum Gasteiger partial charge on any atom is -0.481 e. The van der Waals surface area contributed by atoms with E-state index in [-0.39, 0.29) is 31.2 Å². The van der Waals surface area contributed by atoms with Crippen molar-refractivity contribution in [1.82, 2.24) is 0 Å². The van der Waals surface area contributed by atoms with Crippen LogP contribution in [0.25, 0.3) is 0 Å². The van der Waals surface area contributed by atoms with Crippen molar-refractivity contribution in [3.05, 3.63) is 11.8 Å². The maximum Gasteiger partial charge on any atom is 0.370 e. The van der Waals surface area contributed by atoms with Gasteiger partial charge >= 0.3 is 5.97 Å². The fourth-order valence-electron chi connectivity index (χ4n) is 1.69. The summed E-state index contributed by atoms with van der Waals surface area (Å²) in [4.78, 5) is 14.7. The monoisotopic (exact) mass is 259 g/mol. The van der Waals surface area contributed by atoms with E-state index in [4.69, 9.17) is 26.4 Å². The van der Waals surface area contributed by atoms with E-state index in [1.807, 2.05) is 0 Å². The summed E-state index contributed by atoms with van der Waals surface area (Å²) in [5.74, 6) is -1.73. The second-order valence-corrected chi connectivity index (χ2v) is 3.93. The average Bonchev–Trinajstić information content (AvgIpc) is 2.27. The summed E-state index contributed by atoms with van der Waals surface area (Å²) in [5.41, 5.74) is 10.5. The zero-order valence-electron chi connectivity index (χ0n) is 9.69. The highest BCUT2D eigenvalue weighted by molar-refractivity contribution is 5.84. The number of nitrogens with two attached hydrogens (primary N) is 2. The standard InChI is InChI=1S/C10H17N3O5/c11-10(12)13-5-3-7(6(15)1-2-14)18-8(4-5)9(16)17/h4-7,14-15H,1-3H2,(H,16,17)(H4,11,12,13)/t5-,6-,7?/m1/s1. The third-order valence-electron chi connectivity index (χ3n) is 2.48. The van der Waals surface area contributed by atoms with Crippen LogP contribution in [-0.4, -0.2) is 52.1 Å². The first-order valence-corrected chi connectivity index (χ1v) is 5.43. The predicted molar refractivity (Wildman–Crippen MR) is 62.5 cm³/mol. The zero-order chi connectivity index (χ0) is 13.7. The second kappa shape index (κ2) is 6.22. The van der Waals surface area contributed by atoms with Crippen LogP contribution in [0.3, 0.4) is 0 Å². The smallest absolute Gasteiger partial charge is 0.370 e. The van der Waals surface area contributed by atoms with Gasteiger partial charge in [0.05, 0.1) is 12.1 Å². The first-order valence-electron chi connectivity index (χ1n) is 5.43. The van der Waals surface area contributed by atoms with E-state index in [0.717, 1.165) is 0 Å². The van der Waals surface area contributed by atoms with Crippen molar-refractivity contribution in [3.63, 3.8) is 0 Å². The minimum absolute atomic E-state index is 0.0894. The summed E-state index contributed by atoms with van der Waals surface area (Å²) >= 11 is 0. The van der Waals surface area contributed by atoms with Gasteiger partial charge < -0.3 is 31.5 Å². The van der Waals surface area contributed by atoms with Crippen molar-refractivity contribution in [1.29, 1.82) is 0 Å². The molecule has 0 amide bonds. The molecule has 0 radical (unpaired) electrons. The van der Waals surface area contributed by atoms with Crippen molar-refractivity contribution in [2.75, 3.05) is 6.61 Å². The summed E-state index contributed by atoms with van der Waals surface area (Å²) in [5, 5.41) is 27.3. The lowest BCUT2D eigenvalue weighted by Crippen LogP contribution is -2.38. The van der Waals surface area contributed by atoms with E-state index in [1.165, 1.54) is 6.08 Å². The number of carboxylic acid groups (broad SMARTS) is 1. The van der Waals surface area contributed by atoms with Gasteiger partial charge in [-0.05, 0) is 6.08 Å². The maximum atomic E-state index is 10.9. The molecule has 0 saturated heterocycles.